The molecule has 0 aliphatic carbocycles. The van der Waals surface area contributed by atoms with E-state index in [-0.39, 0.29) is 19.3 Å². The highest BCUT2D eigenvalue weighted by Crippen LogP contribution is 2.45. The first-order chi connectivity index (χ1) is 45.2. The van der Waals surface area contributed by atoms with Crippen molar-refractivity contribution in [3.63, 3.8) is 0 Å². The molecule has 0 aliphatic heterocycles. The summed E-state index contributed by atoms with van der Waals surface area (Å²) in [5.74, 6) is -1.64. The van der Waals surface area contributed by atoms with Gasteiger partial charge in [0.15, 0.2) is 6.10 Å². The van der Waals surface area contributed by atoms with Gasteiger partial charge in [-0.1, -0.05) is 237 Å². The number of hydrogen-bond donors (Lipinski definition) is 4. The molecule has 93 heavy (non-hydrogen) atoms. The molecular weight excluding hydrogens is 1220 g/mol. The topological polar surface area (TPSA) is 231 Å². The second-order valence-electron chi connectivity index (χ2n) is 22.9. The summed E-state index contributed by atoms with van der Waals surface area (Å²) in [4.78, 5) is 58.5. The van der Waals surface area contributed by atoms with Gasteiger partial charge in [-0.3, -0.25) is 32.5 Å². The minimum Gasteiger partial charge on any atom is -0.463 e. The fourth-order valence-corrected chi connectivity index (χ4v) is 10.3. The molecule has 5 atom stereocenters. The van der Waals surface area contributed by atoms with E-state index in [0.717, 1.165) is 167 Å². The Hall–Kier alpha value is -4.57. The fraction of sp³-hybridized carbons (Fsp3) is 0.640. The summed E-state index contributed by atoms with van der Waals surface area (Å²) in [6, 6.07) is 0. The number of allylic oxidation sites excluding steroid dienone is 24. The molecule has 0 saturated carbocycles. The third kappa shape index (κ3) is 68.6. The standard InChI is InChI=1S/C75H124O16P2/c1-4-7-10-13-16-19-22-25-28-30-32-34-36-38-41-43-46-49-52-55-58-61-73(78)85-64-70(76)65-87-92(81,82)88-66-71(77)67-89-93(83,84)90-69-72(91-75(80)63-60-57-54-51-48-45-40-27-24-21-18-15-12-9-6-3)68-86-74(79)62-59-56-53-50-47-44-42-39-37-35-33-31-29-26-23-20-17-14-11-8-5-2/h7,9-10,12,16-21,25-29,32-35,38-42,70-72,76-77H,4-6,8,11,13-15,22-24,30-31,36-37,43-69H2,1-3H3,(H,81,82)(H,83,84)/b10-7-,12-9-,19-16-,20-17-,21-18-,28-25-,29-26-,34-32-,35-33-,40-27-,41-38-,42-39-. The van der Waals surface area contributed by atoms with Crippen molar-refractivity contribution in [2.45, 2.75) is 270 Å². The van der Waals surface area contributed by atoms with Crippen LogP contribution in [-0.4, -0.2) is 95.9 Å². The minimum absolute atomic E-state index is 0.0753. The zero-order valence-electron chi connectivity index (χ0n) is 57.4. The summed E-state index contributed by atoms with van der Waals surface area (Å²) in [6.45, 7) is 2.33. The van der Waals surface area contributed by atoms with Crippen LogP contribution in [0.2, 0.25) is 0 Å². The minimum atomic E-state index is -4.94. The Morgan fingerprint density at radius 2 is 0.570 bits per heavy atom. The van der Waals surface area contributed by atoms with Crippen LogP contribution in [-0.2, 0) is 55.8 Å². The highest BCUT2D eigenvalue weighted by molar-refractivity contribution is 7.47. The average Bonchev–Trinajstić information content (AvgIpc) is 3.71. The summed E-state index contributed by atoms with van der Waals surface area (Å²) in [5.41, 5.74) is 0. The monoisotopic (exact) mass is 1340 g/mol. The van der Waals surface area contributed by atoms with Gasteiger partial charge in [-0.25, -0.2) is 9.13 Å². The number of phosphoric ester groups is 2. The van der Waals surface area contributed by atoms with E-state index in [1.165, 1.54) is 25.7 Å². The quantitative estimate of drug-likeness (QED) is 0.0146. The van der Waals surface area contributed by atoms with Gasteiger partial charge >= 0.3 is 33.6 Å². The molecule has 16 nitrogen and oxygen atoms in total. The lowest BCUT2D eigenvalue weighted by molar-refractivity contribution is -0.161. The van der Waals surface area contributed by atoms with Gasteiger partial charge in [-0.05, 0) is 141 Å². The largest absolute Gasteiger partial charge is 0.472 e. The number of aliphatic hydroxyl groups is 2. The zero-order valence-corrected chi connectivity index (χ0v) is 59.2. The van der Waals surface area contributed by atoms with Crippen LogP contribution in [0, 0.1) is 0 Å². The molecule has 0 amide bonds. The number of aliphatic hydroxyl groups excluding tert-OH is 2. The number of carbonyl (C=O) groups excluding carboxylic acids is 3. The summed E-state index contributed by atoms with van der Waals surface area (Å²) in [5, 5.41) is 20.6. The average molecular weight is 1340 g/mol. The molecule has 0 heterocycles. The van der Waals surface area contributed by atoms with Gasteiger partial charge < -0.3 is 34.2 Å². The second-order valence-corrected chi connectivity index (χ2v) is 25.8. The van der Waals surface area contributed by atoms with Crippen molar-refractivity contribution < 1.29 is 75.8 Å². The summed E-state index contributed by atoms with van der Waals surface area (Å²) >= 11 is 0. The van der Waals surface area contributed by atoms with Crippen molar-refractivity contribution >= 4 is 33.6 Å². The predicted molar refractivity (Wildman–Crippen MR) is 380 cm³/mol. The Balaban J connectivity index is 4.73. The number of unbranched alkanes of at least 4 members (excludes halogenated alkanes) is 18. The van der Waals surface area contributed by atoms with Crippen molar-refractivity contribution in [2.75, 3.05) is 39.6 Å². The molecule has 0 radical (unpaired) electrons. The van der Waals surface area contributed by atoms with Gasteiger partial charge in [-0.15, -0.1) is 0 Å². The number of hydrogen-bond acceptors (Lipinski definition) is 14. The van der Waals surface area contributed by atoms with Crippen LogP contribution in [0.1, 0.15) is 252 Å². The predicted octanol–water partition coefficient (Wildman–Crippen LogP) is 19.8. The van der Waals surface area contributed by atoms with E-state index in [0.29, 0.717) is 19.3 Å². The van der Waals surface area contributed by atoms with Crippen molar-refractivity contribution in [2.24, 2.45) is 0 Å². The third-order valence-electron chi connectivity index (χ3n) is 14.0. The van der Waals surface area contributed by atoms with Gasteiger partial charge in [0.2, 0.25) is 0 Å². The highest BCUT2D eigenvalue weighted by Gasteiger charge is 2.29. The van der Waals surface area contributed by atoms with E-state index in [1.807, 2.05) is 0 Å². The molecule has 0 aromatic heterocycles. The Kier molecular flexibility index (Phi) is 64.1. The molecule has 0 fully saturated rings. The third-order valence-corrected chi connectivity index (χ3v) is 15.9. The summed E-state index contributed by atoms with van der Waals surface area (Å²) in [6.07, 6.45) is 80.3. The number of carbonyl (C=O) groups is 3. The van der Waals surface area contributed by atoms with E-state index in [1.54, 1.807) is 0 Å². The Bertz CT molecular complexity index is 2280. The molecule has 5 unspecified atom stereocenters. The normalized spacial score (nSPS) is 15.0. The molecule has 0 spiro atoms. The first-order valence-corrected chi connectivity index (χ1v) is 38.1. The van der Waals surface area contributed by atoms with Crippen LogP contribution >= 0.6 is 15.6 Å². The molecule has 530 valence electrons. The zero-order chi connectivity index (χ0) is 68.1. The Morgan fingerprint density at radius 3 is 0.903 bits per heavy atom. The number of esters is 3. The number of phosphoric acid groups is 2. The van der Waals surface area contributed by atoms with E-state index in [4.69, 9.17) is 32.3 Å². The van der Waals surface area contributed by atoms with Crippen LogP contribution in [0.5, 0.6) is 0 Å². The molecular formula is C75H124O16P2. The van der Waals surface area contributed by atoms with E-state index in [2.05, 4.69) is 167 Å². The maximum atomic E-state index is 12.9. The van der Waals surface area contributed by atoms with Crippen LogP contribution < -0.4 is 0 Å². The lowest BCUT2D eigenvalue weighted by Crippen LogP contribution is -2.30. The van der Waals surface area contributed by atoms with E-state index >= 15 is 0 Å². The molecule has 0 rings (SSSR count). The summed E-state index contributed by atoms with van der Waals surface area (Å²) in [7, 11) is -9.81. The molecule has 0 aliphatic rings. The molecule has 0 bridgehead atoms. The molecule has 0 aromatic carbocycles. The lowest BCUT2D eigenvalue weighted by Gasteiger charge is -2.21. The molecule has 0 aromatic rings. The van der Waals surface area contributed by atoms with Crippen molar-refractivity contribution in [1.29, 1.82) is 0 Å². The van der Waals surface area contributed by atoms with Gasteiger partial charge in [-0.2, -0.15) is 0 Å². The molecule has 4 N–H and O–H groups in total. The highest BCUT2D eigenvalue weighted by atomic mass is 31.2. The molecule has 18 heteroatoms. The van der Waals surface area contributed by atoms with Gasteiger partial charge in [0, 0.05) is 19.3 Å². The first-order valence-electron chi connectivity index (χ1n) is 35.1. The van der Waals surface area contributed by atoms with Crippen LogP contribution in [0.15, 0.2) is 146 Å². The molecule has 0 saturated heterocycles. The maximum absolute atomic E-state index is 12.9. The van der Waals surface area contributed by atoms with Gasteiger partial charge in [0.05, 0.1) is 26.4 Å². The van der Waals surface area contributed by atoms with Crippen molar-refractivity contribution in [3.05, 3.63) is 146 Å². The van der Waals surface area contributed by atoms with Crippen LogP contribution in [0.25, 0.3) is 0 Å². The second kappa shape index (κ2) is 67.4. The summed E-state index contributed by atoms with van der Waals surface area (Å²) < 4.78 is 60.9. The smallest absolute Gasteiger partial charge is 0.463 e. The van der Waals surface area contributed by atoms with Crippen LogP contribution in [0.4, 0.5) is 0 Å². The first kappa shape index (κ1) is 88.4. The number of ether oxygens (including phenoxy) is 3. The van der Waals surface area contributed by atoms with Crippen molar-refractivity contribution in [1.82, 2.24) is 0 Å². The van der Waals surface area contributed by atoms with E-state index < -0.39 is 91.5 Å². The van der Waals surface area contributed by atoms with Gasteiger partial charge in [0.1, 0.15) is 25.4 Å². The van der Waals surface area contributed by atoms with Crippen molar-refractivity contribution in [3.8, 4) is 0 Å². The van der Waals surface area contributed by atoms with Crippen LogP contribution in [0.3, 0.4) is 0 Å². The lowest BCUT2D eigenvalue weighted by atomic mass is 10.1. The Labute approximate surface area is 562 Å². The Morgan fingerprint density at radius 1 is 0.312 bits per heavy atom. The fourth-order valence-electron chi connectivity index (χ4n) is 8.71. The number of rotatable bonds is 65. The van der Waals surface area contributed by atoms with Gasteiger partial charge in [0.25, 0.3) is 0 Å². The maximum Gasteiger partial charge on any atom is 0.472 e. The van der Waals surface area contributed by atoms with E-state index in [9.17, 15) is 43.5 Å². The SMILES string of the molecule is CC/C=C\C/C=C\C/C=C\C/C=C\C/C=C\CCCCCCCC(=O)OCC(O)COP(=O)(O)OCC(O)COP(=O)(O)OCC(COC(=O)CCCCCCC/C=C\C/C=C\C/C=C\C/C=C\CCCCC)OC(=O)CCCCCCC/C=C\C/C=C\C/C=C\CC.